The van der Waals surface area contributed by atoms with Crippen LogP contribution in [0.2, 0.25) is 0 Å². The summed E-state index contributed by atoms with van der Waals surface area (Å²) < 4.78 is 7.52. The summed E-state index contributed by atoms with van der Waals surface area (Å²) in [6.45, 7) is 4.15. The molecule has 0 saturated heterocycles. The zero-order valence-corrected chi connectivity index (χ0v) is 12.3. The fourth-order valence-corrected chi connectivity index (χ4v) is 3.10. The number of hydrogen-bond acceptors (Lipinski definition) is 3. The third-order valence-corrected chi connectivity index (χ3v) is 4.48. The number of nitrogens with two attached hydrogens (primary N) is 1. The van der Waals surface area contributed by atoms with Gasteiger partial charge in [-0.25, -0.2) is 4.98 Å². The van der Waals surface area contributed by atoms with Gasteiger partial charge in [0.1, 0.15) is 5.75 Å². The lowest BCUT2D eigenvalue weighted by Crippen LogP contribution is -2.30. The SMILES string of the molecule is COc1ccc2c(c1)CCC(n1cnc(C)c1C)C2N. The number of benzene rings is 1. The number of methoxy groups -OCH3 is 1. The number of aromatic nitrogens is 2. The van der Waals surface area contributed by atoms with Crippen molar-refractivity contribution in [2.75, 3.05) is 7.11 Å². The summed E-state index contributed by atoms with van der Waals surface area (Å²) in [7, 11) is 1.70. The lowest BCUT2D eigenvalue weighted by Gasteiger charge is -2.33. The van der Waals surface area contributed by atoms with Crippen molar-refractivity contribution in [3.63, 3.8) is 0 Å². The highest BCUT2D eigenvalue weighted by Gasteiger charge is 2.29. The van der Waals surface area contributed by atoms with Crippen molar-refractivity contribution in [3.8, 4) is 5.75 Å². The van der Waals surface area contributed by atoms with Crippen molar-refractivity contribution in [1.82, 2.24) is 9.55 Å². The zero-order valence-electron chi connectivity index (χ0n) is 12.3. The molecule has 0 radical (unpaired) electrons. The van der Waals surface area contributed by atoms with Gasteiger partial charge in [-0.1, -0.05) is 6.07 Å². The van der Waals surface area contributed by atoms with Gasteiger partial charge in [-0.2, -0.15) is 0 Å². The topological polar surface area (TPSA) is 53.1 Å². The highest BCUT2D eigenvalue weighted by Crippen LogP contribution is 2.38. The summed E-state index contributed by atoms with van der Waals surface area (Å²) in [4.78, 5) is 4.40. The minimum Gasteiger partial charge on any atom is -0.497 e. The van der Waals surface area contributed by atoms with Crippen LogP contribution in [-0.4, -0.2) is 16.7 Å². The molecule has 2 unspecified atom stereocenters. The number of ether oxygens (including phenoxy) is 1. The molecule has 0 fully saturated rings. The molecule has 2 aromatic rings. The molecule has 2 N–H and O–H groups in total. The van der Waals surface area contributed by atoms with E-state index in [1.54, 1.807) is 7.11 Å². The summed E-state index contributed by atoms with van der Waals surface area (Å²) in [5.74, 6) is 0.907. The maximum Gasteiger partial charge on any atom is 0.119 e. The molecule has 20 heavy (non-hydrogen) atoms. The summed E-state index contributed by atoms with van der Waals surface area (Å²) in [5.41, 5.74) is 11.3. The van der Waals surface area contributed by atoms with Gasteiger partial charge >= 0.3 is 0 Å². The average molecular weight is 271 g/mol. The van der Waals surface area contributed by atoms with Gasteiger partial charge in [0, 0.05) is 5.69 Å². The van der Waals surface area contributed by atoms with Gasteiger partial charge in [0.05, 0.1) is 31.2 Å². The molecule has 1 aliphatic carbocycles. The van der Waals surface area contributed by atoms with Crippen LogP contribution in [-0.2, 0) is 6.42 Å². The van der Waals surface area contributed by atoms with Gasteiger partial charge < -0.3 is 15.0 Å². The molecule has 106 valence electrons. The molecule has 4 heteroatoms. The molecular weight excluding hydrogens is 250 g/mol. The Labute approximate surface area is 119 Å². The second kappa shape index (κ2) is 4.94. The molecule has 0 aliphatic heterocycles. The van der Waals surface area contributed by atoms with Crippen LogP contribution >= 0.6 is 0 Å². The number of imidazole rings is 1. The van der Waals surface area contributed by atoms with Crippen molar-refractivity contribution in [2.24, 2.45) is 5.73 Å². The fourth-order valence-electron chi connectivity index (χ4n) is 3.10. The Morgan fingerprint density at radius 2 is 2.15 bits per heavy atom. The number of nitrogens with zero attached hydrogens (tertiary/aromatic N) is 2. The van der Waals surface area contributed by atoms with Crippen LogP contribution in [0.3, 0.4) is 0 Å². The molecule has 3 rings (SSSR count). The first-order chi connectivity index (χ1) is 9.61. The predicted molar refractivity (Wildman–Crippen MR) is 79.0 cm³/mol. The quantitative estimate of drug-likeness (QED) is 0.913. The Morgan fingerprint density at radius 1 is 1.35 bits per heavy atom. The van der Waals surface area contributed by atoms with Crippen LogP contribution in [0.1, 0.15) is 41.0 Å². The van der Waals surface area contributed by atoms with E-state index >= 15 is 0 Å². The van der Waals surface area contributed by atoms with Gasteiger partial charge in [-0.3, -0.25) is 0 Å². The van der Waals surface area contributed by atoms with E-state index in [1.165, 1.54) is 16.8 Å². The largest absolute Gasteiger partial charge is 0.497 e. The third-order valence-electron chi connectivity index (χ3n) is 4.48. The van der Waals surface area contributed by atoms with Crippen molar-refractivity contribution < 1.29 is 4.74 Å². The van der Waals surface area contributed by atoms with E-state index in [-0.39, 0.29) is 12.1 Å². The summed E-state index contributed by atoms with van der Waals surface area (Å²) in [6, 6.07) is 6.50. The minimum absolute atomic E-state index is 0.0111. The molecular formula is C16H21N3O. The summed E-state index contributed by atoms with van der Waals surface area (Å²) in [6.07, 6.45) is 3.99. The van der Waals surface area contributed by atoms with Crippen molar-refractivity contribution in [2.45, 2.75) is 38.8 Å². The molecule has 0 amide bonds. The normalized spacial score (nSPS) is 21.6. The lowest BCUT2D eigenvalue weighted by atomic mass is 9.84. The average Bonchev–Trinajstić information content (AvgIpc) is 2.79. The number of rotatable bonds is 2. The monoisotopic (exact) mass is 271 g/mol. The van der Waals surface area contributed by atoms with Gasteiger partial charge in [-0.05, 0) is 49.9 Å². The molecule has 1 aromatic carbocycles. The van der Waals surface area contributed by atoms with Crippen LogP contribution < -0.4 is 10.5 Å². The van der Waals surface area contributed by atoms with Crippen molar-refractivity contribution in [3.05, 3.63) is 47.0 Å². The van der Waals surface area contributed by atoms with E-state index in [4.69, 9.17) is 10.5 Å². The smallest absolute Gasteiger partial charge is 0.119 e. The second-order valence-electron chi connectivity index (χ2n) is 5.52. The highest BCUT2D eigenvalue weighted by atomic mass is 16.5. The molecule has 2 atom stereocenters. The minimum atomic E-state index is 0.0111. The van der Waals surface area contributed by atoms with E-state index < -0.39 is 0 Å². The van der Waals surface area contributed by atoms with Crippen molar-refractivity contribution >= 4 is 0 Å². The second-order valence-corrected chi connectivity index (χ2v) is 5.52. The molecule has 1 heterocycles. The van der Waals surface area contributed by atoms with Gasteiger partial charge in [0.25, 0.3) is 0 Å². The first kappa shape index (κ1) is 13.2. The van der Waals surface area contributed by atoms with E-state index in [1.807, 2.05) is 19.3 Å². The van der Waals surface area contributed by atoms with Gasteiger partial charge in [0.2, 0.25) is 0 Å². The van der Waals surface area contributed by atoms with Crippen LogP contribution in [0.4, 0.5) is 0 Å². The fraction of sp³-hybridized carbons (Fsp3) is 0.438. The Balaban J connectivity index is 1.96. The number of hydrogen-bond donors (Lipinski definition) is 1. The van der Waals surface area contributed by atoms with Crippen LogP contribution in [0.5, 0.6) is 5.75 Å². The predicted octanol–water partition coefficient (Wildman–Crippen LogP) is 2.70. The van der Waals surface area contributed by atoms with Crippen LogP contribution in [0.15, 0.2) is 24.5 Å². The van der Waals surface area contributed by atoms with Crippen LogP contribution in [0.25, 0.3) is 0 Å². The Kier molecular flexibility index (Phi) is 3.26. The van der Waals surface area contributed by atoms with E-state index in [0.29, 0.717) is 0 Å². The Morgan fingerprint density at radius 3 is 2.80 bits per heavy atom. The lowest BCUT2D eigenvalue weighted by molar-refractivity contribution is 0.363. The summed E-state index contributed by atoms with van der Waals surface area (Å²) >= 11 is 0. The number of fused-ring (bicyclic) bond motifs is 1. The Bertz CT molecular complexity index is 633. The molecule has 1 aliphatic rings. The molecule has 0 saturated carbocycles. The van der Waals surface area contributed by atoms with E-state index in [9.17, 15) is 0 Å². The number of aryl methyl sites for hydroxylation is 2. The maximum atomic E-state index is 6.50. The first-order valence-electron chi connectivity index (χ1n) is 7.04. The molecule has 0 spiro atoms. The van der Waals surface area contributed by atoms with Crippen molar-refractivity contribution in [1.29, 1.82) is 0 Å². The van der Waals surface area contributed by atoms with Gasteiger partial charge in [0.15, 0.2) is 0 Å². The highest BCUT2D eigenvalue weighted by molar-refractivity contribution is 5.40. The standard InChI is InChI=1S/C16H21N3O/c1-10-11(2)19(9-18-10)15-7-4-12-8-13(20-3)5-6-14(12)16(15)17/h5-6,8-9,15-16H,4,7,17H2,1-3H3. The van der Waals surface area contributed by atoms with E-state index in [0.717, 1.165) is 24.3 Å². The third kappa shape index (κ3) is 2.00. The molecule has 1 aromatic heterocycles. The maximum absolute atomic E-state index is 6.50. The van der Waals surface area contributed by atoms with Crippen LogP contribution in [0, 0.1) is 13.8 Å². The summed E-state index contributed by atoms with van der Waals surface area (Å²) in [5, 5.41) is 0. The first-order valence-corrected chi connectivity index (χ1v) is 7.04. The molecule has 4 nitrogen and oxygen atoms in total. The van der Waals surface area contributed by atoms with Gasteiger partial charge in [-0.15, -0.1) is 0 Å². The Hall–Kier alpha value is -1.81. The molecule has 0 bridgehead atoms. The van der Waals surface area contributed by atoms with E-state index in [2.05, 4.69) is 28.6 Å². The zero-order chi connectivity index (χ0) is 14.3.